The Morgan fingerprint density at radius 2 is 0.602 bits per heavy atom. The summed E-state index contributed by atoms with van der Waals surface area (Å²) in [6.45, 7) is 0. The van der Waals surface area contributed by atoms with E-state index in [4.69, 9.17) is 18.8 Å². The molecule has 0 amide bonds. The van der Waals surface area contributed by atoms with Crippen LogP contribution in [-0.2, 0) is 5.41 Å². The van der Waals surface area contributed by atoms with E-state index in [1.807, 2.05) is 155 Å². The Bertz CT molecular complexity index is 4370. The number of para-hydroxylation sites is 2. The van der Waals surface area contributed by atoms with Gasteiger partial charge < -0.3 is 18.6 Å². The number of oxazole rings is 2. The maximum Gasteiger partial charge on any atom is 0.227 e. The summed E-state index contributed by atoms with van der Waals surface area (Å²) >= 11 is 0. The smallest absolute Gasteiger partial charge is 0.227 e. The zero-order valence-electron chi connectivity index (χ0n) is 44.6. The molecule has 0 radical (unpaired) electrons. The zero-order valence-corrected chi connectivity index (χ0v) is 44.6. The normalized spacial score (nSPS) is 12.3. The van der Waals surface area contributed by atoms with Crippen molar-refractivity contribution in [1.82, 2.24) is 9.97 Å². The molecule has 15 rings (SSSR count). The minimum Gasteiger partial charge on any atom is -0.435 e. The minimum atomic E-state index is -1.17. The summed E-state index contributed by atoms with van der Waals surface area (Å²) in [5, 5.41) is 0. The molecule has 394 valence electrons. The average molecular weight is 1080 g/mol. The molecule has 14 aromatic rings. The lowest BCUT2D eigenvalue weighted by atomic mass is 9.67. The summed E-state index contributed by atoms with van der Waals surface area (Å²) < 4.78 is 48.9. The highest BCUT2D eigenvalue weighted by atomic mass is 19.1. The van der Waals surface area contributed by atoms with Gasteiger partial charge in [0.1, 0.15) is 22.7 Å². The lowest BCUT2D eigenvalue weighted by molar-refractivity contribution is 0.616. The monoisotopic (exact) mass is 1070 g/mol. The number of nitrogens with zero attached hydrogens (tertiary/aromatic N) is 4. The SMILES string of the molecule is Fc1ccccc1N(c1ccc(-c2ccccc2)cc1)c1cc2c(c3oc(-c4ccccc4)nc13)-c1c(cc(N(c3ccc(-c4ccccc4)cc3)c3ccccc3F)c3nc(-c4ccccc4)oc13)C2(c1ccccc1)c1ccccc1. The van der Waals surface area contributed by atoms with Crippen LogP contribution in [0.3, 0.4) is 0 Å². The van der Waals surface area contributed by atoms with Crippen molar-refractivity contribution in [3.63, 3.8) is 0 Å². The Balaban J connectivity index is 1.10. The Hall–Kier alpha value is -11.0. The van der Waals surface area contributed by atoms with Gasteiger partial charge in [0.15, 0.2) is 11.2 Å². The van der Waals surface area contributed by atoms with Gasteiger partial charge in [-0.1, -0.05) is 206 Å². The molecular formula is C75H48F2N4O2. The van der Waals surface area contributed by atoms with Gasteiger partial charge in [0.2, 0.25) is 11.8 Å². The molecular weight excluding hydrogens is 1030 g/mol. The molecule has 0 saturated carbocycles. The Kier molecular flexibility index (Phi) is 12.0. The minimum absolute atomic E-state index is 0.317. The van der Waals surface area contributed by atoms with E-state index in [0.29, 0.717) is 68.1 Å². The van der Waals surface area contributed by atoms with E-state index in [-0.39, 0.29) is 0 Å². The number of benzene rings is 12. The maximum absolute atomic E-state index is 17.1. The van der Waals surface area contributed by atoms with E-state index in [2.05, 4.69) is 109 Å². The van der Waals surface area contributed by atoms with Crippen LogP contribution in [0.2, 0.25) is 0 Å². The first-order chi connectivity index (χ1) is 41.0. The van der Waals surface area contributed by atoms with Crippen LogP contribution < -0.4 is 9.80 Å². The van der Waals surface area contributed by atoms with Gasteiger partial charge in [-0.2, -0.15) is 0 Å². The molecule has 0 unspecified atom stereocenters. The molecule has 2 heterocycles. The van der Waals surface area contributed by atoms with Crippen LogP contribution in [0.1, 0.15) is 22.3 Å². The van der Waals surface area contributed by atoms with Crippen molar-refractivity contribution in [3.8, 4) is 56.3 Å². The molecule has 0 aliphatic heterocycles. The predicted octanol–water partition coefficient (Wildman–Crippen LogP) is 20.2. The molecule has 2 aromatic heterocycles. The second kappa shape index (κ2) is 20.3. The molecule has 0 fully saturated rings. The van der Waals surface area contributed by atoms with Gasteiger partial charge in [-0.25, -0.2) is 18.7 Å². The van der Waals surface area contributed by atoms with Crippen molar-refractivity contribution in [3.05, 3.63) is 325 Å². The molecule has 6 nitrogen and oxygen atoms in total. The molecule has 0 N–H and O–H groups in total. The number of rotatable bonds is 12. The first kappa shape index (κ1) is 49.1. The molecule has 8 heteroatoms. The highest BCUT2D eigenvalue weighted by Crippen LogP contribution is 2.63. The van der Waals surface area contributed by atoms with Crippen LogP contribution in [0.15, 0.2) is 300 Å². The van der Waals surface area contributed by atoms with Crippen LogP contribution >= 0.6 is 0 Å². The van der Waals surface area contributed by atoms with Crippen LogP contribution in [0, 0.1) is 11.6 Å². The highest BCUT2D eigenvalue weighted by molar-refractivity contribution is 6.15. The van der Waals surface area contributed by atoms with Crippen LogP contribution in [0.4, 0.5) is 42.9 Å². The molecule has 1 aliphatic carbocycles. The second-order valence-electron chi connectivity index (χ2n) is 20.6. The molecule has 0 saturated heterocycles. The van der Waals surface area contributed by atoms with Gasteiger partial charge in [0.05, 0.1) is 28.2 Å². The first-order valence-electron chi connectivity index (χ1n) is 27.6. The fourth-order valence-electron chi connectivity index (χ4n) is 12.2. The van der Waals surface area contributed by atoms with Crippen LogP contribution in [0.25, 0.3) is 78.5 Å². The second-order valence-corrected chi connectivity index (χ2v) is 20.6. The number of aromatic nitrogens is 2. The van der Waals surface area contributed by atoms with Gasteiger partial charge in [-0.05, 0) is 129 Å². The summed E-state index contributed by atoms with van der Waals surface area (Å²) in [4.78, 5) is 14.8. The Morgan fingerprint density at radius 1 is 0.301 bits per heavy atom. The molecule has 1 aliphatic rings. The van der Waals surface area contributed by atoms with Crippen molar-refractivity contribution in [1.29, 1.82) is 0 Å². The number of fused-ring (bicyclic) bond motifs is 7. The number of halogens is 2. The van der Waals surface area contributed by atoms with Crippen molar-refractivity contribution in [2.45, 2.75) is 5.41 Å². The maximum atomic E-state index is 17.1. The van der Waals surface area contributed by atoms with E-state index in [9.17, 15) is 0 Å². The third kappa shape index (κ3) is 8.21. The summed E-state index contributed by atoms with van der Waals surface area (Å²) in [5.74, 6) is -0.0946. The van der Waals surface area contributed by atoms with E-state index >= 15 is 8.78 Å². The van der Waals surface area contributed by atoms with Gasteiger partial charge in [0, 0.05) is 33.6 Å². The van der Waals surface area contributed by atoms with E-state index in [1.54, 1.807) is 24.3 Å². The molecule has 0 spiro atoms. The molecule has 0 atom stereocenters. The molecule has 0 bridgehead atoms. The largest absolute Gasteiger partial charge is 0.435 e. The fraction of sp³-hybridized carbons (Fsp3) is 0.0133. The third-order valence-electron chi connectivity index (χ3n) is 15.9. The average Bonchev–Trinajstić information content (AvgIpc) is 2.26. The number of hydrogen-bond donors (Lipinski definition) is 0. The summed E-state index contributed by atoms with van der Waals surface area (Å²) in [5.41, 5.74) is 14.5. The number of anilines is 6. The predicted molar refractivity (Wildman–Crippen MR) is 330 cm³/mol. The lowest BCUT2D eigenvalue weighted by Gasteiger charge is -2.35. The Labute approximate surface area is 478 Å². The van der Waals surface area contributed by atoms with Crippen LogP contribution in [0.5, 0.6) is 0 Å². The number of hydrogen-bond acceptors (Lipinski definition) is 6. The zero-order chi connectivity index (χ0) is 55.4. The quantitative estimate of drug-likeness (QED) is 0.122. The lowest BCUT2D eigenvalue weighted by Crippen LogP contribution is -2.29. The van der Waals surface area contributed by atoms with Crippen molar-refractivity contribution in [2.75, 3.05) is 9.80 Å². The molecule has 83 heavy (non-hydrogen) atoms. The van der Waals surface area contributed by atoms with E-state index < -0.39 is 17.0 Å². The highest BCUT2D eigenvalue weighted by Gasteiger charge is 2.51. The topological polar surface area (TPSA) is 58.5 Å². The third-order valence-corrected chi connectivity index (χ3v) is 15.9. The Morgan fingerprint density at radius 3 is 0.952 bits per heavy atom. The van der Waals surface area contributed by atoms with Crippen molar-refractivity contribution in [2.24, 2.45) is 0 Å². The standard InChI is InChI=1S/C75H48F2N4O2/c76-61-35-19-21-37-63(61)80(57-43-39-51(40-44-57)49-23-7-1-8-24-49)65-47-59-67(71-69(65)78-73(82-71)53-27-11-3-12-28-53)68-60(75(59,55-31-15-5-16-32-55)56-33-17-6-18-34-56)48-66(70-72(68)83-74(79-70)54-29-13-4-14-30-54)81(64-38-22-20-36-62(64)77)58-45-41-52(42-46-58)50-25-9-2-10-26-50/h1-48H. The van der Waals surface area contributed by atoms with E-state index in [1.165, 1.54) is 12.1 Å². The van der Waals surface area contributed by atoms with Gasteiger partial charge in [-0.3, -0.25) is 0 Å². The van der Waals surface area contributed by atoms with Crippen molar-refractivity contribution < 1.29 is 17.6 Å². The van der Waals surface area contributed by atoms with Crippen LogP contribution in [-0.4, -0.2) is 9.97 Å². The van der Waals surface area contributed by atoms with Gasteiger partial charge >= 0.3 is 0 Å². The fourth-order valence-corrected chi connectivity index (χ4v) is 12.2. The first-order valence-corrected chi connectivity index (χ1v) is 27.6. The molecule has 12 aromatic carbocycles. The van der Waals surface area contributed by atoms with Crippen molar-refractivity contribution >= 4 is 56.3 Å². The summed E-state index contributed by atoms with van der Waals surface area (Å²) in [6.07, 6.45) is 0. The van der Waals surface area contributed by atoms with E-state index in [0.717, 1.165) is 66.8 Å². The van der Waals surface area contributed by atoms with Gasteiger partial charge in [-0.15, -0.1) is 0 Å². The summed E-state index contributed by atoms with van der Waals surface area (Å²) in [6, 6.07) is 95.4. The summed E-state index contributed by atoms with van der Waals surface area (Å²) in [7, 11) is 0. The van der Waals surface area contributed by atoms with Gasteiger partial charge in [0.25, 0.3) is 0 Å².